The molecule has 0 saturated heterocycles. The standard InChI is InChI=1S/C30H23Cl3N4/c1-2-8-19-13-15-20(16-14-19)27-26-28(23-11-6-7-12-24(23)32)36-18-21(31)17-25(33)29(36)34-30(26)37(35-27)22-9-4-3-5-10-22/h3-7,9-18,28H,2,8H2,1H3/t28-/m1/s1. The summed E-state index contributed by atoms with van der Waals surface area (Å²) in [6, 6.07) is 26.1. The fourth-order valence-electron chi connectivity index (χ4n) is 4.95. The van der Waals surface area contributed by atoms with Crippen LogP contribution in [0.2, 0.25) is 5.02 Å². The van der Waals surface area contributed by atoms with Crippen LogP contribution in [0.25, 0.3) is 16.9 Å². The quantitative estimate of drug-likeness (QED) is 0.251. The van der Waals surface area contributed by atoms with Gasteiger partial charge in [0.1, 0.15) is 5.69 Å². The maximum absolute atomic E-state index is 6.81. The number of halogens is 3. The van der Waals surface area contributed by atoms with Crippen molar-refractivity contribution in [2.24, 2.45) is 4.99 Å². The zero-order valence-electron chi connectivity index (χ0n) is 20.1. The summed E-state index contributed by atoms with van der Waals surface area (Å²) in [4.78, 5) is 7.05. The number of hydrogen-bond acceptors (Lipinski definition) is 3. The average molecular weight is 546 g/mol. The summed E-state index contributed by atoms with van der Waals surface area (Å²) in [6.45, 7) is 2.19. The highest BCUT2D eigenvalue weighted by Crippen LogP contribution is 2.49. The first-order chi connectivity index (χ1) is 18.0. The summed E-state index contributed by atoms with van der Waals surface area (Å²) >= 11 is 20.0. The molecule has 0 aliphatic carbocycles. The fourth-order valence-corrected chi connectivity index (χ4v) is 5.72. The zero-order chi connectivity index (χ0) is 25.5. The Labute approximate surface area is 231 Å². The number of fused-ring (bicyclic) bond motifs is 2. The number of rotatable bonds is 5. The summed E-state index contributed by atoms with van der Waals surface area (Å²) in [7, 11) is 0. The van der Waals surface area contributed by atoms with E-state index in [4.69, 9.17) is 44.9 Å². The van der Waals surface area contributed by atoms with Crippen molar-refractivity contribution in [1.29, 1.82) is 0 Å². The van der Waals surface area contributed by atoms with Crippen molar-refractivity contribution in [3.63, 3.8) is 0 Å². The first kappa shape index (κ1) is 24.1. The molecule has 0 fully saturated rings. The third-order valence-corrected chi connectivity index (χ3v) is 7.44. The van der Waals surface area contributed by atoms with Gasteiger partial charge in [0, 0.05) is 16.8 Å². The molecule has 37 heavy (non-hydrogen) atoms. The highest BCUT2D eigenvalue weighted by molar-refractivity contribution is 6.45. The summed E-state index contributed by atoms with van der Waals surface area (Å²) in [5.41, 5.74) is 5.92. The molecule has 0 bridgehead atoms. The number of aryl methyl sites for hydroxylation is 1. The molecular weight excluding hydrogens is 523 g/mol. The van der Waals surface area contributed by atoms with E-state index in [1.807, 2.05) is 70.4 Å². The summed E-state index contributed by atoms with van der Waals surface area (Å²) in [5.74, 6) is 1.32. The number of aromatic nitrogens is 2. The van der Waals surface area contributed by atoms with Gasteiger partial charge in [-0.15, -0.1) is 0 Å². The maximum atomic E-state index is 6.81. The lowest BCUT2D eigenvalue weighted by molar-refractivity contribution is 0.462. The molecule has 0 unspecified atom stereocenters. The predicted molar refractivity (Wildman–Crippen MR) is 153 cm³/mol. The van der Waals surface area contributed by atoms with Crippen LogP contribution in [-0.4, -0.2) is 20.5 Å². The Morgan fingerprint density at radius 3 is 2.32 bits per heavy atom. The van der Waals surface area contributed by atoms with Crippen molar-refractivity contribution in [3.8, 4) is 16.9 Å². The second-order valence-electron chi connectivity index (χ2n) is 9.05. The summed E-state index contributed by atoms with van der Waals surface area (Å²) in [5, 5.41) is 6.76. The highest BCUT2D eigenvalue weighted by atomic mass is 35.5. The van der Waals surface area contributed by atoms with Gasteiger partial charge >= 0.3 is 0 Å². The van der Waals surface area contributed by atoms with E-state index in [2.05, 4.69) is 31.2 Å². The van der Waals surface area contributed by atoms with E-state index in [9.17, 15) is 0 Å². The molecule has 3 heterocycles. The van der Waals surface area contributed by atoms with Crippen molar-refractivity contribution in [2.75, 3.05) is 0 Å². The maximum Gasteiger partial charge on any atom is 0.164 e. The van der Waals surface area contributed by atoms with E-state index in [-0.39, 0.29) is 6.04 Å². The van der Waals surface area contributed by atoms with E-state index in [0.29, 0.717) is 26.7 Å². The molecule has 1 atom stereocenters. The van der Waals surface area contributed by atoms with Gasteiger partial charge in [0.25, 0.3) is 0 Å². The number of hydrogen-bond donors (Lipinski definition) is 0. The van der Waals surface area contributed by atoms with Gasteiger partial charge in [-0.25, -0.2) is 9.67 Å². The average Bonchev–Trinajstić information content (AvgIpc) is 3.29. The van der Waals surface area contributed by atoms with Gasteiger partial charge in [-0.3, -0.25) is 0 Å². The minimum atomic E-state index is -0.338. The molecule has 0 N–H and O–H groups in total. The molecule has 6 rings (SSSR count). The Bertz CT molecular complexity index is 1570. The van der Waals surface area contributed by atoms with E-state index >= 15 is 0 Å². The van der Waals surface area contributed by atoms with Gasteiger partial charge < -0.3 is 4.90 Å². The SMILES string of the molecule is CCCc1ccc(-c2nn(-c3ccccc3)c3c2[C@@H](c2ccccc2Cl)N2C=C(Cl)C=C(Cl)C2=N3)cc1. The van der Waals surface area contributed by atoms with Crippen LogP contribution in [0.4, 0.5) is 5.82 Å². The number of amidine groups is 1. The zero-order valence-corrected chi connectivity index (χ0v) is 22.3. The van der Waals surface area contributed by atoms with Crippen molar-refractivity contribution in [3.05, 3.63) is 123 Å². The van der Waals surface area contributed by atoms with Crippen molar-refractivity contribution < 1.29 is 0 Å². The number of aliphatic imine (C=N–C) groups is 1. The second-order valence-corrected chi connectivity index (χ2v) is 10.3. The molecule has 4 aromatic rings. The number of allylic oxidation sites excluding steroid dienone is 2. The van der Waals surface area contributed by atoms with Crippen LogP contribution in [0.1, 0.15) is 36.1 Å². The Kier molecular flexibility index (Phi) is 6.41. The van der Waals surface area contributed by atoms with Crippen molar-refractivity contribution in [1.82, 2.24) is 14.7 Å². The lowest BCUT2D eigenvalue weighted by Gasteiger charge is -2.37. The van der Waals surface area contributed by atoms with Gasteiger partial charge in [0.2, 0.25) is 0 Å². The molecule has 2 aliphatic rings. The largest absolute Gasteiger partial charge is 0.318 e. The van der Waals surface area contributed by atoms with Gasteiger partial charge in [0.05, 0.1) is 27.4 Å². The van der Waals surface area contributed by atoms with Crippen LogP contribution >= 0.6 is 34.8 Å². The van der Waals surface area contributed by atoms with E-state index in [1.54, 1.807) is 6.08 Å². The number of para-hydroxylation sites is 1. The Hall–Kier alpha value is -3.31. The second kappa shape index (κ2) is 9.86. The molecule has 2 aliphatic heterocycles. The molecule has 4 nitrogen and oxygen atoms in total. The first-order valence-electron chi connectivity index (χ1n) is 12.2. The van der Waals surface area contributed by atoms with Crippen LogP contribution in [0.5, 0.6) is 0 Å². The molecular formula is C30H23Cl3N4. The van der Waals surface area contributed by atoms with Gasteiger partial charge in [0.15, 0.2) is 11.7 Å². The van der Waals surface area contributed by atoms with Crippen LogP contribution in [0.3, 0.4) is 0 Å². The lowest BCUT2D eigenvalue weighted by atomic mass is 9.92. The van der Waals surface area contributed by atoms with Gasteiger partial charge in [-0.05, 0) is 41.8 Å². The van der Waals surface area contributed by atoms with Crippen molar-refractivity contribution >= 4 is 46.5 Å². The number of nitrogens with zero attached hydrogens (tertiary/aromatic N) is 4. The monoisotopic (exact) mass is 544 g/mol. The van der Waals surface area contributed by atoms with Crippen LogP contribution in [-0.2, 0) is 6.42 Å². The Balaban J connectivity index is 1.66. The molecule has 184 valence electrons. The first-order valence-corrected chi connectivity index (χ1v) is 13.3. The van der Waals surface area contributed by atoms with Crippen LogP contribution in [0, 0.1) is 0 Å². The van der Waals surface area contributed by atoms with Gasteiger partial charge in [-0.2, -0.15) is 5.10 Å². The molecule has 0 amide bonds. The molecule has 3 aromatic carbocycles. The van der Waals surface area contributed by atoms with Crippen molar-refractivity contribution in [2.45, 2.75) is 25.8 Å². The van der Waals surface area contributed by atoms with E-state index in [0.717, 1.165) is 40.9 Å². The molecule has 0 radical (unpaired) electrons. The smallest absolute Gasteiger partial charge is 0.164 e. The minimum Gasteiger partial charge on any atom is -0.318 e. The molecule has 1 aromatic heterocycles. The van der Waals surface area contributed by atoms with Gasteiger partial charge in [-0.1, -0.05) is 109 Å². The summed E-state index contributed by atoms with van der Waals surface area (Å²) in [6.07, 6.45) is 5.70. The third-order valence-electron chi connectivity index (χ3n) is 6.61. The molecule has 0 spiro atoms. The lowest BCUT2D eigenvalue weighted by Crippen LogP contribution is -2.36. The fraction of sp³-hybridized carbons (Fsp3) is 0.133. The normalized spacial score (nSPS) is 16.5. The summed E-state index contributed by atoms with van der Waals surface area (Å²) < 4.78 is 1.89. The van der Waals surface area contributed by atoms with E-state index < -0.39 is 0 Å². The van der Waals surface area contributed by atoms with Crippen LogP contribution < -0.4 is 0 Å². The van der Waals surface area contributed by atoms with Crippen LogP contribution in [0.15, 0.2) is 106 Å². The molecule has 0 saturated carbocycles. The Morgan fingerprint density at radius 1 is 0.865 bits per heavy atom. The Morgan fingerprint density at radius 2 is 1.59 bits per heavy atom. The number of benzene rings is 3. The third kappa shape index (κ3) is 4.29. The highest BCUT2D eigenvalue weighted by Gasteiger charge is 2.39. The molecule has 7 heteroatoms. The topological polar surface area (TPSA) is 33.4 Å². The predicted octanol–water partition coefficient (Wildman–Crippen LogP) is 8.80. The van der Waals surface area contributed by atoms with E-state index in [1.165, 1.54) is 5.56 Å². The minimum absolute atomic E-state index is 0.338.